The Hall–Kier alpha value is -2.89. The highest BCUT2D eigenvalue weighted by Crippen LogP contribution is 2.29. The fourth-order valence-corrected chi connectivity index (χ4v) is 2.97. The van der Waals surface area contributed by atoms with Crippen molar-refractivity contribution in [1.82, 2.24) is 9.78 Å². The minimum Gasteiger partial charge on any atom is -0.454 e. The average Bonchev–Trinajstić information content (AvgIpc) is 3.03. The first-order valence-electron chi connectivity index (χ1n) is 9.75. The summed E-state index contributed by atoms with van der Waals surface area (Å²) in [6.07, 6.45) is 1.76. The maximum Gasteiger partial charge on any atom is 0.305 e. The quantitative estimate of drug-likeness (QED) is 0.296. The number of nitrogens with zero attached hydrogens (tertiary/aromatic N) is 3. The second-order valence-corrected chi connectivity index (χ2v) is 7.84. The minimum atomic E-state index is -0.398. The molecule has 0 aliphatic rings. The Morgan fingerprint density at radius 1 is 1.21 bits per heavy atom. The molecule has 0 amide bonds. The topological polar surface area (TPSA) is 65.7 Å². The second kappa shape index (κ2) is 9.54. The van der Waals surface area contributed by atoms with E-state index in [0.717, 1.165) is 22.5 Å². The molecule has 2 aromatic rings. The number of ether oxygens (including phenoxy) is 2. The van der Waals surface area contributed by atoms with Crippen LogP contribution in [-0.4, -0.2) is 35.8 Å². The lowest BCUT2D eigenvalue weighted by atomic mass is 9.86. The molecule has 6 heteroatoms. The van der Waals surface area contributed by atoms with Crippen LogP contribution >= 0.6 is 0 Å². The molecular formula is C23H31N3O3. The molecule has 0 radical (unpaired) electrons. The van der Waals surface area contributed by atoms with E-state index in [2.05, 4.69) is 55.1 Å². The summed E-state index contributed by atoms with van der Waals surface area (Å²) in [5.41, 5.74) is 4.76. The predicted molar refractivity (Wildman–Crippen MR) is 117 cm³/mol. The third-order valence-corrected chi connectivity index (χ3v) is 4.46. The van der Waals surface area contributed by atoms with E-state index in [0.29, 0.717) is 12.3 Å². The van der Waals surface area contributed by atoms with Crippen molar-refractivity contribution in [1.29, 1.82) is 0 Å². The molecule has 0 bridgehead atoms. The van der Waals surface area contributed by atoms with Gasteiger partial charge in [-0.05, 0) is 36.5 Å². The smallest absolute Gasteiger partial charge is 0.305 e. The molecule has 29 heavy (non-hydrogen) atoms. The molecule has 6 nitrogen and oxygen atoms in total. The standard InChI is InChI=1S/C23H31N3O3/c1-8-26-21(13-16(2)25-26)22(29-15-28-17(3)27)20(14-24-7)18-9-11-19(12-10-18)23(4,5)6/h9-14H,8,15H2,1-7H3/b22-20-,24-14?. The number of carbonyl (C=O) groups excluding carboxylic acids is 1. The molecule has 1 aromatic heterocycles. The van der Waals surface area contributed by atoms with E-state index < -0.39 is 5.97 Å². The van der Waals surface area contributed by atoms with Crippen LogP contribution in [0.4, 0.5) is 0 Å². The highest BCUT2D eigenvalue weighted by atomic mass is 16.7. The van der Waals surface area contributed by atoms with E-state index in [1.54, 1.807) is 13.3 Å². The van der Waals surface area contributed by atoms with Crippen LogP contribution in [0.3, 0.4) is 0 Å². The van der Waals surface area contributed by atoms with Crippen LogP contribution < -0.4 is 0 Å². The van der Waals surface area contributed by atoms with Crippen molar-refractivity contribution in [2.24, 2.45) is 4.99 Å². The summed E-state index contributed by atoms with van der Waals surface area (Å²) in [5, 5.41) is 4.53. The number of aryl methyl sites for hydroxylation is 2. The van der Waals surface area contributed by atoms with E-state index in [9.17, 15) is 4.79 Å². The average molecular weight is 398 g/mol. The lowest BCUT2D eigenvalue weighted by molar-refractivity contribution is -0.148. The third-order valence-electron chi connectivity index (χ3n) is 4.46. The number of aliphatic imine (C=N–C) groups is 1. The molecule has 0 atom stereocenters. The van der Waals surface area contributed by atoms with Crippen LogP contribution in [0, 0.1) is 6.92 Å². The molecule has 2 rings (SSSR count). The number of hydrogen-bond donors (Lipinski definition) is 0. The summed E-state index contributed by atoms with van der Waals surface area (Å²) < 4.78 is 12.8. The maximum atomic E-state index is 11.2. The first kappa shape index (κ1) is 22.4. The maximum absolute atomic E-state index is 11.2. The van der Waals surface area contributed by atoms with E-state index in [4.69, 9.17) is 9.47 Å². The van der Waals surface area contributed by atoms with Crippen molar-refractivity contribution >= 4 is 23.5 Å². The first-order chi connectivity index (χ1) is 13.7. The van der Waals surface area contributed by atoms with Gasteiger partial charge in [-0.25, -0.2) is 0 Å². The Kier molecular flexibility index (Phi) is 7.37. The Labute approximate surface area is 173 Å². The zero-order valence-electron chi connectivity index (χ0n) is 18.4. The number of esters is 1. The molecule has 0 aliphatic heterocycles. The predicted octanol–water partition coefficient (Wildman–Crippen LogP) is 4.62. The molecule has 1 heterocycles. The molecule has 0 unspecified atom stereocenters. The molecule has 0 N–H and O–H groups in total. The van der Waals surface area contributed by atoms with E-state index in [1.807, 2.05) is 24.6 Å². The van der Waals surface area contributed by atoms with E-state index in [-0.39, 0.29) is 12.2 Å². The van der Waals surface area contributed by atoms with Gasteiger partial charge in [-0.3, -0.25) is 14.5 Å². The van der Waals surface area contributed by atoms with Crippen LogP contribution in [0.2, 0.25) is 0 Å². The lowest BCUT2D eigenvalue weighted by Gasteiger charge is -2.20. The largest absolute Gasteiger partial charge is 0.454 e. The lowest BCUT2D eigenvalue weighted by Crippen LogP contribution is -2.11. The normalized spacial score (nSPS) is 12.8. The zero-order valence-corrected chi connectivity index (χ0v) is 18.4. The number of benzene rings is 1. The number of carbonyl (C=O) groups is 1. The van der Waals surface area contributed by atoms with Gasteiger partial charge in [0.05, 0.1) is 5.69 Å². The van der Waals surface area contributed by atoms with Gasteiger partial charge in [0.1, 0.15) is 5.69 Å². The van der Waals surface area contributed by atoms with Gasteiger partial charge in [0, 0.05) is 32.3 Å². The first-order valence-corrected chi connectivity index (χ1v) is 9.75. The van der Waals surface area contributed by atoms with Crippen molar-refractivity contribution in [2.75, 3.05) is 13.8 Å². The van der Waals surface area contributed by atoms with Gasteiger partial charge < -0.3 is 9.47 Å². The molecule has 1 aromatic carbocycles. The molecule has 156 valence electrons. The van der Waals surface area contributed by atoms with Gasteiger partial charge in [-0.2, -0.15) is 5.10 Å². The van der Waals surface area contributed by atoms with E-state index >= 15 is 0 Å². The van der Waals surface area contributed by atoms with Crippen LogP contribution in [0.1, 0.15) is 57.1 Å². The molecule has 0 spiro atoms. The van der Waals surface area contributed by atoms with Crippen LogP contribution in [0.5, 0.6) is 0 Å². The Morgan fingerprint density at radius 3 is 2.38 bits per heavy atom. The zero-order chi connectivity index (χ0) is 21.6. The molecule has 0 saturated heterocycles. The van der Waals surface area contributed by atoms with Crippen LogP contribution in [0.15, 0.2) is 35.3 Å². The van der Waals surface area contributed by atoms with Crippen molar-refractivity contribution in [3.05, 3.63) is 52.8 Å². The summed E-state index contributed by atoms with van der Waals surface area (Å²) in [7, 11) is 1.72. The molecule has 0 aliphatic carbocycles. The molecule has 0 saturated carbocycles. The van der Waals surface area contributed by atoms with Crippen molar-refractivity contribution < 1.29 is 14.3 Å². The monoisotopic (exact) mass is 397 g/mol. The van der Waals surface area contributed by atoms with Gasteiger partial charge >= 0.3 is 5.97 Å². The summed E-state index contributed by atoms with van der Waals surface area (Å²) in [6, 6.07) is 10.3. The number of allylic oxidation sites excluding steroid dienone is 1. The Bertz CT molecular complexity index is 900. The van der Waals surface area contributed by atoms with Gasteiger partial charge in [-0.15, -0.1) is 0 Å². The summed E-state index contributed by atoms with van der Waals surface area (Å²) >= 11 is 0. The highest BCUT2D eigenvalue weighted by molar-refractivity contribution is 6.18. The van der Waals surface area contributed by atoms with Crippen molar-refractivity contribution in [3.8, 4) is 0 Å². The summed E-state index contributed by atoms with van der Waals surface area (Å²) in [5.74, 6) is 0.174. The second-order valence-electron chi connectivity index (χ2n) is 7.84. The van der Waals surface area contributed by atoms with Crippen molar-refractivity contribution in [3.63, 3.8) is 0 Å². The summed E-state index contributed by atoms with van der Waals surface area (Å²) in [4.78, 5) is 15.5. The van der Waals surface area contributed by atoms with Gasteiger partial charge in [0.15, 0.2) is 5.76 Å². The van der Waals surface area contributed by atoms with Crippen LogP contribution in [-0.2, 0) is 26.2 Å². The SMILES string of the molecule is CCn1nc(C)cc1/C(OCOC(C)=O)=C(\C=NC)c1ccc(C(C)(C)C)cc1. The minimum absolute atomic E-state index is 0.0633. The molecule has 0 fully saturated rings. The highest BCUT2D eigenvalue weighted by Gasteiger charge is 2.19. The van der Waals surface area contributed by atoms with Gasteiger partial charge in [0.25, 0.3) is 0 Å². The number of hydrogen-bond acceptors (Lipinski definition) is 5. The fourth-order valence-electron chi connectivity index (χ4n) is 2.97. The molecular weight excluding hydrogens is 366 g/mol. The van der Waals surface area contributed by atoms with E-state index in [1.165, 1.54) is 12.5 Å². The van der Waals surface area contributed by atoms with Crippen LogP contribution in [0.25, 0.3) is 11.3 Å². The van der Waals surface area contributed by atoms with Gasteiger partial charge in [0.2, 0.25) is 6.79 Å². The fraction of sp³-hybridized carbons (Fsp3) is 0.435. The Balaban J connectivity index is 2.62. The summed E-state index contributed by atoms with van der Waals surface area (Å²) in [6.45, 7) is 12.4. The van der Waals surface area contributed by atoms with Crippen molar-refractivity contribution in [2.45, 2.75) is 53.5 Å². The number of rotatable bonds is 7. The number of aromatic nitrogens is 2. The van der Waals surface area contributed by atoms with Gasteiger partial charge in [-0.1, -0.05) is 45.0 Å². The Morgan fingerprint density at radius 2 is 1.86 bits per heavy atom. The third kappa shape index (κ3) is 5.79.